The smallest absolute Gasteiger partial charge is 0.333 e. The summed E-state index contributed by atoms with van der Waals surface area (Å²) in [6.45, 7) is 37.5. The highest BCUT2D eigenvalue weighted by atomic mass is 32.1. The SMILES string of the molecule is CC(C)(C)c1ccc(N2B3c4cc(C(C)(C)C)ccc4-n4c5cc(N(c6ccc(C(C)(C)C)cc6)c6ccc(C(C)(C)C)cc6)ccc5c5c6c(oc7ccccc76)c(c3c54)-c3cc4c(cc32)sc2cc3c(cc24)C(C)(C)CCC3(C)C)cc1. The monoisotopic (exact) mass is 1120 g/mol. The van der Waals surface area contributed by atoms with Crippen LogP contribution in [0.5, 0.6) is 0 Å². The number of hydrogen-bond acceptors (Lipinski definition) is 4. The molecule has 3 aliphatic rings. The zero-order valence-electron chi connectivity index (χ0n) is 52.2. The molecule has 9 aromatic carbocycles. The maximum absolute atomic E-state index is 7.52. The molecule has 6 heteroatoms. The minimum Gasteiger partial charge on any atom is -0.455 e. The normalized spacial score (nSPS) is 15.7. The third-order valence-electron chi connectivity index (χ3n) is 19.9. The topological polar surface area (TPSA) is 24.6 Å². The maximum Gasteiger partial charge on any atom is 0.333 e. The van der Waals surface area contributed by atoms with Crippen molar-refractivity contribution in [3.05, 3.63) is 191 Å². The van der Waals surface area contributed by atoms with Crippen molar-refractivity contribution in [1.29, 1.82) is 0 Å². The molecule has 2 aliphatic heterocycles. The van der Waals surface area contributed by atoms with Crippen molar-refractivity contribution in [2.75, 3.05) is 9.71 Å². The standard InChI is InChI=1S/C78H78BN3OS/c1-73(2,3)45-21-28-49(29-22-45)80(50-30-23-46(24-31-50)74(4,5)6)52-34-35-53-62(40-52)81-61-36-27-48(76(10,11)12)39-60(61)79-70-69(72-68(67(53)71(70)81)54-19-17-18-20-64(54)83-72)57-41-55-56-42-58-59(78(15,16)38-37-77(58,13)14)43-65(56)84-66(55)44-63(57)82(79)51-32-25-47(26-33-51)75(7,8)9/h17-36,39-44H,37-38H2,1-16H3. The number of anilines is 5. The molecule has 12 aromatic rings. The zero-order chi connectivity index (χ0) is 58.7. The molecule has 1 aliphatic carbocycles. The summed E-state index contributed by atoms with van der Waals surface area (Å²) in [5.41, 5.74) is 24.7. The fraction of sp³-hybridized carbons (Fsp3) is 0.308. The van der Waals surface area contributed by atoms with E-state index in [1.807, 2.05) is 11.3 Å². The van der Waals surface area contributed by atoms with Gasteiger partial charge in [-0.25, -0.2) is 0 Å². The molecule has 0 radical (unpaired) electrons. The Morgan fingerprint density at radius 2 is 1.02 bits per heavy atom. The lowest BCUT2D eigenvalue weighted by Gasteiger charge is -2.42. The van der Waals surface area contributed by atoms with Gasteiger partial charge >= 0.3 is 6.85 Å². The van der Waals surface area contributed by atoms with Gasteiger partial charge in [0.1, 0.15) is 11.2 Å². The summed E-state index contributed by atoms with van der Waals surface area (Å²) in [7, 11) is 0. The second-order valence-corrected chi connectivity index (χ2v) is 31.6. The summed E-state index contributed by atoms with van der Waals surface area (Å²) in [5.74, 6) is 0. The van der Waals surface area contributed by atoms with E-state index in [1.165, 1.54) is 133 Å². The van der Waals surface area contributed by atoms with Crippen molar-refractivity contribution >= 4 is 121 Å². The molecule has 0 N–H and O–H groups in total. The third kappa shape index (κ3) is 7.84. The number of aromatic nitrogens is 1. The number of thiophene rings is 1. The minimum atomic E-state index is -0.193. The van der Waals surface area contributed by atoms with E-state index in [2.05, 4.69) is 283 Å². The van der Waals surface area contributed by atoms with E-state index >= 15 is 0 Å². The van der Waals surface area contributed by atoms with Gasteiger partial charge in [0.15, 0.2) is 0 Å². The van der Waals surface area contributed by atoms with Gasteiger partial charge in [-0.1, -0.05) is 184 Å². The van der Waals surface area contributed by atoms with Crippen LogP contribution in [-0.4, -0.2) is 11.4 Å². The summed E-state index contributed by atoms with van der Waals surface area (Å²) >= 11 is 1.96. The molecule has 0 saturated carbocycles. The predicted molar refractivity (Wildman–Crippen MR) is 365 cm³/mol. The highest BCUT2D eigenvalue weighted by Crippen LogP contribution is 2.55. The molecule has 0 amide bonds. The van der Waals surface area contributed by atoms with Crippen molar-refractivity contribution < 1.29 is 4.42 Å². The van der Waals surface area contributed by atoms with Crippen LogP contribution in [0.25, 0.3) is 80.7 Å². The van der Waals surface area contributed by atoms with Crippen LogP contribution in [0.4, 0.5) is 28.4 Å². The fourth-order valence-corrected chi connectivity index (χ4v) is 15.9. The number of nitrogens with zero attached hydrogens (tertiary/aromatic N) is 3. The molecule has 15 rings (SSSR count). The molecule has 0 fully saturated rings. The molecule has 5 heterocycles. The summed E-state index contributed by atoms with van der Waals surface area (Å²) in [6.07, 6.45) is 2.36. The summed E-state index contributed by atoms with van der Waals surface area (Å²) in [5, 5.41) is 7.45. The summed E-state index contributed by atoms with van der Waals surface area (Å²) in [4.78, 5) is 5.19. The molecule has 0 spiro atoms. The third-order valence-corrected chi connectivity index (χ3v) is 21.0. The first-order valence-corrected chi connectivity index (χ1v) is 31.5. The average Bonchev–Trinajstić information content (AvgIpc) is 1.43. The number of fused-ring (bicyclic) bond motifs is 17. The second-order valence-electron chi connectivity index (χ2n) is 30.5. The van der Waals surface area contributed by atoms with Gasteiger partial charge in [-0.05, 0) is 175 Å². The molecule has 420 valence electrons. The Morgan fingerprint density at radius 3 is 1.63 bits per heavy atom. The molecular weight excluding hydrogens is 1040 g/mol. The van der Waals surface area contributed by atoms with Crippen LogP contribution in [-0.2, 0) is 32.5 Å². The lowest BCUT2D eigenvalue weighted by atomic mass is 9.43. The van der Waals surface area contributed by atoms with E-state index in [9.17, 15) is 0 Å². The van der Waals surface area contributed by atoms with E-state index in [0.717, 1.165) is 33.6 Å². The van der Waals surface area contributed by atoms with E-state index in [4.69, 9.17) is 4.42 Å². The fourth-order valence-electron chi connectivity index (χ4n) is 14.8. The van der Waals surface area contributed by atoms with Crippen LogP contribution >= 0.6 is 11.3 Å². The molecule has 0 saturated heterocycles. The number of rotatable bonds is 4. The van der Waals surface area contributed by atoms with Gasteiger partial charge in [0.05, 0.1) is 11.0 Å². The number of para-hydroxylation sites is 1. The first-order valence-electron chi connectivity index (χ1n) is 30.7. The van der Waals surface area contributed by atoms with E-state index < -0.39 is 0 Å². The highest BCUT2D eigenvalue weighted by molar-refractivity contribution is 7.26. The molecule has 4 nitrogen and oxygen atoms in total. The van der Waals surface area contributed by atoms with E-state index in [0.29, 0.717) is 0 Å². The van der Waals surface area contributed by atoms with Gasteiger partial charge in [-0.2, -0.15) is 0 Å². The Labute approximate surface area is 501 Å². The Hall–Kier alpha value is -7.54. The summed E-state index contributed by atoms with van der Waals surface area (Å²) < 4.78 is 12.9. The molecule has 0 unspecified atom stereocenters. The van der Waals surface area contributed by atoms with Gasteiger partial charge in [-0.15, -0.1) is 11.3 Å². The Balaban J connectivity index is 1.10. The predicted octanol–water partition coefficient (Wildman–Crippen LogP) is 21.3. The van der Waals surface area contributed by atoms with Gasteiger partial charge in [-0.3, -0.25) is 0 Å². The minimum absolute atomic E-state index is 0.00426. The molecule has 3 aromatic heterocycles. The first kappa shape index (κ1) is 53.2. The Morgan fingerprint density at radius 1 is 0.488 bits per heavy atom. The van der Waals surface area contributed by atoms with Crippen LogP contribution in [0.3, 0.4) is 0 Å². The molecule has 0 atom stereocenters. The van der Waals surface area contributed by atoms with Gasteiger partial charge in [0, 0.05) is 87.0 Å². The van der Waals surface area contributed by atoms with Crippen molar-refractivity contribution in [1.82, 2.24) is 4.57 Å². The van der Waals surface area contributed by atoms with Crippen molar-refractivity contribution in [3.63, 3.8) is 0 Å². The van der Waals surface area contributed by atoms with Crippen molar-refractivity contribution in [2.45, 2.75) is 156 Å². The van der Waals surface area contributed by atoms with Crippen molar-refractivity contribution in [3.8, 4) is 16.8 Å². The summed E-state index contributed by atoms with van der Waals surface area (Å²) in [6, 6.07) is 61.9. The van der Waals surface area contributed by atoms with E-state index in [-0.39, 0.29) is 39.3 Å². The first-order chi connectivity index (χ1) is 39.7. The zero-order valence-corrected chi connectivity index (χ0v) is 53.0. The molecule has 0 bridgehead atoms. The lowest BCUT2D eigenvalue weighted by Crippen LogP contribution is -2.60. The van der Waals surface area contributed by atoms with E-state index in [1.54, 1.807) is 0 Å². The van der Waals surface area contributed by atoms with Crippen LogP contribution in [0.2, 0.25) is 0 Å². The number of furan rings is 1. The van der Waals surface area contributed by atoms with Gasteiger partial charge < -0.3 is 18.7 Å². The number of benzene rings is 9. The van der Waals surface area contributed by atoms with Crippen molar-refractivity contribution in [2.24, 2.45) is 0 Å². The Bertz CT molecular complexity index is 4690. The average molecular weight is 1120 g/mol. The molecular formula is C78H78BN3OS. The van der Waals surface area contributed by atoms with Crippen LogP contribution in [0.1, 0.15) is 157 Å². The maximum atomic E-state index is 7.52. The van der Waals surface area contributed by atoms with Gasteiger partial charge in [0.25, 0.3) is 0 Å². The molecule has 84 heavy (non-hydrogen) atoms. The van der Waals surface area contributed by atoms with Crippen LogP contribution < -0.4 is 20.6 Å². The highest BCUT2D eigenvalue weighted by Gasteiger charge is 2.47. The quantitative estimate of drug-likeness (QED) is 0.164. The number of hydrogen-bond donors (Lipinski definition) is 0. The van der Waals surface area contributed by atoms with Crippen LogP contribution in [0, 0.1) is 0 Å². The van der Waals surface area contributed by atoms with Gasteiger partial charge in [0.2, 0.25) is 0 Å². The second kappa shape index (κ2) is 17.5. The Kier molecular flexibility index (Phi) is 11.1. The largest absolute Gasteiger partial charge is 0.455 e. The van der Waals surface area contributed by atoms with Crippen LogP contribution in [0.15, 0.2) is 162 Å². The lowest BCUT2D eigenvalue weighted by molar-refractivity contribution is 0.332.